The van der Waals surface area contributed by atoms with Gasteiger partial charge in [-0.1, -0.05) is 133 Å². The summed E-state index contributed by atoms with van der Waals surface area (Å²) in [5.41, 5.74) is 3.23. The van der Waals surface area contributed by atoms with Gasteiger partial charge in [0.05, 0.1) is 13.7 Å². The Morgan fingerprint density at radius 1 is 0.746 bits per heavy atom. The summed E-state index contributed by atoms with van der Waals surface area (Å²) in [4.78, 5) is 37.1. The first-order valence-electron chi connectivity index (χ1n) is 23.3. The van der Waals surface area contributed by atoms with Crippen LogP contribution in [0.15, 0.2) is 48.1 Å². The molecule has 0 bridgehead atoms. The molecular weight excluding hydrogens is 741 g/mol. The molecule has 1 aliphatic rings. The lowest BCUT2D eigenvalue weighted by Crippen LogP contribution is -2.17. The van der Waals surface area contributed by atoms with Crippen molar-refractivity contribution in [3.63, 3.8) is 0 Å². The predicted molar refractivity (Wildman–Crippen MR) is 241 cm³/mol. The topological polar surface area (TPSA) is 108 Å². The number of phenols is 1. The van der Waals surface area contributed by atoms with Crippen molar-refractivity contribution in [1.82, 2.24) is 0 Å². The molecular formula is C51H80O8. The molecule has 0 amide bonds. The van der Waals surface area contributed by atoms with E-state index in [1.165, 1.54) is 57.8 Å². The number of hydrogen-bond donors (Lipinski definition) is 1. The fraction of sp³-hybridized carbons (Fsp3) is 0.667. The monoisotopic (exact) mass is 821 g/mol. The van der Waals surface area contributed by atoms with Gasteiger partial charge in [0.2, 0.25) is 0 Å². The van der Waals surface area contributed by atoms with Crippen molar-refractivity contribution in [3.8, 4) is 11.5 Å². The van der Waals surface area contributed by atoms with Gasteiger partial charge in [-0.3, -0.25) is 9.59 Å². The molecule has 0 unspecified atom stereocenters. The van der Waals surface area contributed by atoms with Crippen molar-refractivity contribution >= 4 is 17.9 Å². The number of fused-ring (bicyclic) bond motifs is 1. The summed E-state index contributed by atoms with van der Waals surface area (Å²) in [7, 11) is 1.55. The van der Waals surface area contributed by atoms with Crippen molar-refractivity contribution in [2.45, 2.75) is 207 Å². The van der Waals surface area contributed by atoms with Crippen LogP contribution in [0.5, 0.6) is 11.5 Å². The molecule has 0 saturated carbocycles. The number of esters is 3. The SMILES string of the molecule is CCCCC/C=C\C/C=C\CCCCCCCC(=O)O[C@@H](C/C=C\CCCCCCCCOC(=O)CC/C(C)=C/Cc1c(O)c2c(c(C)c1OC)COC2=O)CCCC. The highest BCUT2D eigenvalue weighted by Gasteiger charge is 2.31. The van der Waals surface area contributed by atoms with Crippen LogP contribution in [0.3, 0.4) is 0 Å². The summed E-state index contributed by atoms with van der Waals surface area (Å²) in [6, 6.07) is 0. The number of allylic oxidation sites excluding steroid dienone is 7. The summed E-state index contributed by atoms with van der Waals surface area (Å²) in [6.45, 7) is 8.82. The third kappa shape index (κ3) is 22.4. The lowest BCUT2D eigenvalue weighted by Gasteiger charge is -2.16. The molecule has 0 radical (unpaired) electrons. The van der Waals surface area contributed by atoms with E-state index in [1.54, 1.807) is 7.11 Å². The van der Waals surface area contributed by atoms with E-state index in [4.69, 9.17) is 18.9 Å². The van der Waals surface area contributed by atoms with Gasteiger partial charge < -0.3 is 24.1 Å². The average Bonchev–Trinajstić information content (AvgIpc) is 3.63. The van der Waals surface area contributed by atoms with E-state index in [0.29, 0.717) is 49.2 Å². The molecule has 0 aromatic heterocycles. The highest BCUT2D eigenvalue weighted by Crippen LogP contribution is 2.42. The molecule has 0 spiro atoms. The average molecular weight is 821 g/mol. The van der Waals surface area contributed by atoms with E-state index in [1.807, 2.05) is 19.9 Å². The molecule has 1 heterocycles. The number of methoxy groups -OCH3 is 1. The Bertz CT molecular complexity index is 1470. The molecule has 8 nitrogen and oxygen atoms in total. The number of aromatic hydroxyl groups is 1. The maximum atomic E-state index is 12.6. The van der Waals surface area contributed by atoms with Crippen LogP contribution in [-0.2, 0) is 36.8 Å². The standard InChI is InChI=1S/C51H80O8/c1-6-8-10-11-12-13-14-15-16-17-18-21-24-27-30-34-47(53)59-43(32-9-7-2)33-29-26-23-20-19-22-25-28-31-39-57-46(52)38-36-41(3)35-37-44-49(54)48-45(40-58-51(48)55)42(4)50(44)56-5/h12-13,15-16,26,29,35,43,54H,6-11,14,17-25,27-28,30-34,36-40H2,1-5H3/b13-12-,16-15-,29-26-,41-35+/t43-/m1/s1. The van der Waals surface area contributed by atoms with Crippen LogP contribution in [-0.4, -0.2) is 42.8 Å². The van der Waals surface area contributed by atoms with Crippen LogP contribution in [0.2, 0.25) is 0 Å². The minimum absolute atomic E-state index is 0.0129. The van der Waals surface area contributed by atoms with Gasteiger partial charge in [-0.25, -0.2) is 4.79 Å². The van der Waals surface area contributed by atoms with Crippen molar-refractivity contribution in [3.05, 3.63) is 70.4 Å². The van der Waals surface area contributed by atoms with Crippen LogP contribution in [0, 0.1) is 6.92 Å². The van der Waals surface area contributed by atoms with Crippen molar-refractivity contribution in [2.24, 2.45) is 0 Å². The minimum atomic E-state index is -0.515. The summed E-state index contributed by atoms with van der Waals surface area (Å²) < 4.78 is 22.0. The molecule has 1 aromatic rings. The Morgan fingerprint density at radius 3 is 2.02 bits per heavy atom. The minimum Gasteiger partial charge on any atom is -0.507 e. The van der Waals surface area contributed by atoms with E-state index >= 15 is 0 Å². The molecule has 1 N–H and O–H groups in total. The van der Waals surface area contributed by atoms with Crippen LogP contribution in [0.1, 0.15) is 208 Å². The zero-order valence-corrected chi connectivity index (χ0v) is 37.7. The molecule has 0 fully saturated rings. The molecule has 332 valence electrons. The van der Waals surface area contributed by atoms with Gasteiger partial charge in [0.15, 0.2) is 0 Å². The van der Waals surface area contributed by atoms with Crippen molar-refractivity contribution < 1.29 is 38.4 Å². The number of phenolic OH excluding ortho intramolecular Hbond substituents is 1. The van der Waals surface area contributed by atoms with E-state index in [-0.39, 0.29) is 36.0 Å². The largest absolute Gasteiger partial charge is 0.507 e. The summed E-state index contributed by atoms with van der Waals surface area (Å²) in [5.74, 6) is -0.296. The van der Waals surface area contributed by atoms with Gasteiger partial charge >= 0.3 is 17.9 Å². The first kappa shape index (κ1) is 51.3. The third-order valence-corrected chi connectivity index (χ3v) is 11.1. The number of ether oxygens (including phenoxy) is 4. The number of carbonyl (C=O) groups is 3. The van der Waals surface area contributed by atoms with Crippen LogP contribution in [0.25, 0.3) is 0 Å². The Balaban J connectivity index is 1.48. The summed E-state index contributed by atoms with van der Waals surface area (Å²) in [6.07, 6.45) is 41.8. The molecule has 1 aliphatic heterocycles. The van der Waals surface area contributed by atoms with Crippen LogP contribution < -0.4 is 4.74 Å². The second-order valence-electron chi connectivity index (χ2n) is 16.2. The molecule has 1 atom stereocenters. The maximum absolute atomic E-state index is 12.6. The number of carbonyl (C=O) groups excluding carboxylic acids is 3. The third-order valence-electron chi connectivity index (χ3n) is 11.1. The van der Waals surface area contributed by atoms with Gasteiger partial charge in [0.25, 0.3) is 0 Å². The Hall–Kier alpha value is -3.81. The van der Waals surface area contributed by atoms with Gasteiger partial charge in [0.1, 0.15) is 29.8 Å². The molecule has 8 heteroatoms. The Labute approximate surface area is 358 Å². The molecule has 0 saturated heterocycles. The summed E-state index contributed by atoms with van der Waals surface area (Å²) >= 11 is 0. The number of rotatable bonds is 35. The number of benzene rings is 1. The van der Waals surface area contributed by atoms with E-state index in [2.05, 4.69) is 50.3 Å². The van der Waals surface area contributed by atoms with E-state index in [0.717, 1.165) is 94.6 Å². The number of cyclic esters (lactones) is 1. The number of hydrogen-bond acceptors (Lipinski definition) is 8. The fourth-order valence-corrected chi connectivity index (χ4v) is 7.38. The highest BCUT2D eigenvalue weighted by atomic mass is 16.5. The fourth-order valence-electron chi connectivity index (χ4n) is 7.38. The predicted octanol–water partition coefficient (Wildman–Crippen LogP) is 13.8. The Morgan fingerprint density at radius 2 is 1.36 bits per heavy atom. The zero-order valence-electron chi connectivity index (χ0n) is 37.7. The van der Waals surface area contributed by atoms with E-state index in [9.17, 15) is 19.5 Å². The molecule has 1 aromatic carbocycles. The molecule has 0 aliphatic carbocycles. The van der Waals surface area contributed by atoms with Gasteiger partial charge in [-0.05, 0) is 96.5 Å². The van der Waals surface area contributed by atoms with E-state index < -0.39 is 5.97 Å². The van der Waals surface area contributed by atoms with Crippen molar-refractivity contribution in [2.75, 3.05) is 13.7 Å². The van der Waals surface area contributed by atoms with Gasteiger partial charge in [-0.15, -0.1) is 0 Å². The lowest BCUT2D eigenvalue weighted by atomic mass is 9.94. The molecule has 59 heavy (non-hydrogen) atoms. The van der Waals surface area contributed by atoms with Gasteiger partial charge in [-0.2, -0.15) is 0 Å². The van der Waals surface area contributed by atoms with Crippen molar-refractivity contribution in [1.29, 1.82) is 0 Å². The molecule has 2 rings (SSSR count). The van der Waals surface area contributed by atoms with Crippen LogP contribution >= 0.6 is 0 Å². The highest BCUT2D eigenvalue weighted by molar-refractivity contribution is 5.98. The van der Waals surface area contributed by atoms with Gasteiger partial charge in [0, 0.05) is 30.4 Å². The maximum Gasteiger partial charge on any atom is 0.342 e. The number of unbranched alkanes of at least 4 members (excludes halogenated alkanes) is 15. The zero-order chi connectivity index (χ0) is 42.9. The lowest BCUT2D eigenvalue weighted by molar-refractivity contribution is -0.149. The Kier molecular flexibility index (Phi) is 28.7. The first-order valence-corrected chi connectivity index (χ1v) is 23.3. The second kappa shape index (κ2) is 33.0. The summed E-state index contributed by atoms with van der Waals surface area (Å²) in [5, 5.41) is 10.8. The smallest absolute Gasteiger partial charge is 0.342 e. The first-order chi connectivity index (χ1) is 28.7. The quantitative estimate of drug-likeness (QED) is 0.0312. The second-order valence-corrected chi connectivity index (χ2v) is 16.2. The van der Waals surface area contributed by atoms with Crippen LogP contribution in [0.4, 0.5) is 0 Å². The normalized spacial score (nSPS) is 13.4.